The van der Waals surface area contributed by atoms with Crippen LogP contribution < -0.4 is 9.62 Å². The molecule has 0 aromatic heterocycles. The molecule has 0 unspecified atom stereocenters. The molecule has 1 amide bonds. The number of benzene rings is 2. The number of sulfonamides is 1. The van der Waals surface area contributed by atoms with Gasteiger partial charge in [0, 0.05) is 10.7 Å². The Morgan fingerprint density at radius 3 is 2.45 bits per heavy atom. The third kappa shape index (κ3) is 5.48. The SMILES string of the molecule is CCOC(=O)c1cccc(NC(=O)[C@@H](C)N(c2cccc(Cl)c2)S(C)(=O)=O)c1C. The molecule has 7 nitrogen and oxygen atoms in total. The average Bonchev–Trinajstić information content (AvgIpc) is 2.62. The zero-order chi connectivity index (χ0) is 21.8. The van der Waals surface area contributed by atoms with E-state index >= 15 is 0 Å². The van der Waals surface area contributed by atoms with Crippen LogP contribution in [-0.4, -0.2) is 39.2 Å². The minimum absolute atomic E-state index is 0.231. The number of nitrogens with one attached hydrogen (secondary N) is 1. The lowest BCUT2D eigenvalue weighted by Gasteiger charge is -2.28. The molecule has 0 aliphatic rings. The maximum absolute atomic E-state index is 12.9. The van der Waals surface area contributed by atoms with Crippen LogP contribution in [0.2, 0.25) is 5.02 Å². The molecule has 0 bridgehead atoms. The summed E-state index contributed by atoms with van der Waals surface area (Å²) in [7, 11) is -3.77. The van der Waals surface area contributed by atoms with E-state index in [9.17, 15) is 18.0 Å². The van der Waals surface area contributed by atoms with Gasteiger partial charge >= 0.3 is 5.97 Å². The first-order valence-electron chi connectivity index (χ1n) is 8.88. The summed E-state index contributed by atoms with van der Waals surface area (Å²) in [6, 6.07) is 10.0. The molecule has 0 aliphatic carbocycles. The number of carbonyl (C=O) groups is 2. The van der Waals surface area contributed by atoms with E-state index in [2.05, 4.69) is 5.32 Å². The number of halogens is 1. The van der Waals surface area contributed by atoms with E-state index in [1.807, 2.05) is 0 Å². The van der Waals surface area contributed by atoms with Gasteiger partial charge in [-0.2, -0.15) is 0 Å². The molecule has 0 saturated heterocycles. The van der Waals surface area contributed by atoms with Gasteiger partial charge in [-0.3, -0.25) is 9.10 Å². The predicted octanol–water partition coefficient (Wildman–Crippen LogP) is 3.62. The zero-order valence-electron chi connectivity index (χ0n) is 16.6. The van der Waals surface area contributed by atoms with Gasteiger partial charge in [0.1, 0.15) is 6.04 Å². The topological polar surface area (TPSA) is 92.8 Å². The number of nitrogens with zero attached hydrogens (tertiary/aromatic N) is 1. The van der Waals surface area contributed by atoms with Gasteiger partial charge in [-0.25, -0.2) is 13.2 Å². The van der Waals surface area contributed by atoms with Crippen molar-refractivity contribution in [1.82, 2.24) is 0 Å². The van der Waals surface area contributed by atoms with Crippen LogP contribution in [0.4, 0.5) is 11.4 Å². The predicted molar refractivity (Wildman–Crippen MR) is 114 cm³/mol. The van der Waals surface area contributed by atoms with Crippen molar-refractivity contribution in [2.75, 3.05) is 22.5 Å². The van der Waals surface area contributed by atoms with Crippen molar-refractivity contribution in [3.05, 3.63) is 58.6 Å². The number of rotatable bonds is 7. The largest absolute Gasteiger partial charge is 0.462 e. The smallest absolute Gasteiger partial charge is 0.338 e. The first-order chi connectivity index (χ1) is 13.6. The number of amides is 1. The quantitative estimate of drug-likeness (QED) is 0.666. The Bertz CT molecular complexity index is 1020. The number of carbonyl (C=O) groups excluding carboxylic acids is 2. The van der Waals surface area contributed by atoms with E-state index < -0.39 is 27.9 Å². The van der Waals surface area contributed by atoms with Crippen LogP contribution in [0.25, 0.3) is 0 Å². The van der Waals surface area contributed by atoms with E-state index in [0.29, 0.717) is 21.8 Å². The summed E-state index contributed by atoms with van der Waals surface area (Å²) in [6.07, 6.45) is 1.02. The minimum atomic E-state index is -3.77. The summed E-state index contributed by atoms with van der Waals surface area (Å²) in [4.78, 5) is 24.9. The Morgan fingerprint density at radius 1 is 1.21 bits per heavy atom. The molecule has 156 valence electrons. The fourth-order valence-electron chi connectivity index (χ4n) is 2.86. The van der Waals surface area contributed by atoms with Gasteiger partial charge in [0.25, 0.3) is 0 Å². The Kier molecular flexibility index (Phi) is 7.26. The van der Waals surface area contributed by atoms with E-state index in [4.69, 9.17) is 16.3 Å². The van der Waals surface area contributed by atoms with Crippen molar-refractivity contribution in [1.29, 1.82) is 0 Å². The standard InChI is InChI=1S/C20H23ClN2O5S/c1-5-28-20(25)17-10-7-11-18(13(17)2)22-19(24)14(3)23(29(4,26)27)16-9-6-8-15(21)12-16/h6-12,14H,5H2,1-4H3,(H,22,24)/t14-/m1/s1. The Balaban J connectivity index is 2.34. The third-order valence-corrected chi connectivity index (χ3v) is 5.71. The van der Waals surface area contributed by atoms with Gasteiger partial charge in [0.2, 0.25) is 15.9 Å². The first kappa shape index (κ1) is 22.7. The molecule has 0 heterocycles. The number of anilines is 2. The lowest BCUT2D eigenvalue weighted by Crippen LogP contribution is -2.45. The van der Waals surface area contributed by atoms with E-state index in [-0.39, 0.29) is 12.3 Å². The van der Waals surface area contributed by atoms with Crippen molar-refractivity contribution >= 4 is 44.9 Å². The molecular weight excluding hydrogens is 416 g/mol. The highest BCUT2D eigenvalue weighted by Gasteiger charge is 2.29. The Hall–Kier alpha value is -2.58. The average molecular weight is 439 g/mol. The lowest BCUT2D eigenvalue weighted by atomic mass is 10.1. The zero-order valence-corrected chi connectivity index (χ0v) is 18.2. The maximum atomic E-state index is 12.9. The van der Waals surface area contributed by atoms with Gasteiger partial charge < -0.3 is 10.1 Å². The molecule has 1 N–H and O–H groups in total. The number of ether oxygens (including phenoxy) is 1. The highest BCUT2D eigenvalue weighted by atomic mass is 35.5. The van der Waals surface area contributed by atoms with Crippen LogP contribution >= 0.6 is 11.6 Å². The highest BCUT2D eigenvalue weighted by Crippen LogP contribution is 2.26. The minimum Gasteiger partial charge on any atom is -0.462 e. The molecule has 2 aromatic rings. The van der Waals surface area contributed by atoms with Crippen molar-refractivity contribution in [3.63, 3.8) is 0 Å². The van der Waals surface area contributed by atoms with Gasteiger partial charge in [0.05, 0.1) is 24.1 Å². The second kappa shape index (κ2) is 9.28. The monoisotopic (exact) mass is 438 g/mol. The summed E-state index contributed by atoms with van der Waals surface area (Å²) in [5.74, 6) is -1.05. The van der Waals surface area contributed by atoms with Crippen LogP contribution in [0, 0.1) is 6.92 Å². The normalized spacial score (nSPS) is 12.2. The lowest BCUT2D eigenvalue weighted by molar-refractivity contribution is -0.116. The van der Waals surface area contributed by atoms with Crippen LogP contribution in [0.15, 0.2) is 42.5 Å². The van der Waals surface area contributed by atoms with Crippen LogP contribution in [0.5, 0.6) is 0 Å². The fourth-order valence-corrected chi connectivity index (χ4v) is 4.21. The van der Waals surface area contributed by atoms with E-state index in [1.165, 1.54) is 13.0 Å². The molecule has 1 atom stereocenters. The first-order valence-corrected chi connectivity index (χ1v) is 11.1. The molecule has 0 radical (unpaired) electrons. The molecule has 2 aromatic carbocycles. The summed E-state index contributed by atoms with van der Waals surface area (Å²) < 4.78 is 30.7. The van der Waals surface area contributed by atoms with Gasteiger partial charge in [-0.05, 0) is 56.7 Å². The molecular formula is C20H23ClN2O5S. The van der Waals surface area contributed by atoms with E-state index in [1.54, 1.807) is 50.2 Å². The van der Waals surface area contributed by atoms with Crippen LogP contribution in [0.3, 0.4) is 0 Å². The summed E-state index contributed by atoms with van der Waals surface area (Å²) >= 11 is 5.98. The summed E-state index contributed by atoms with van der Waals surface area (Å²) in [5.41, 5.74) is 1.53. The van der Waals surface area contributed by atoms with Crippen LogP contribution in [0.1, 0.15) is 29.8 Å². The van der Waals surface area contributed by atoms with Crippen molar-refractivity contribution in [2.24, 2.45) is 0 Å². The fraction of sp³-hybridized carbons (Fsp3) is 0.300. The molecule has 0 spiro atoms. The van der Waals surface area contributed by atoms with Gasteiger partial charge in [0.15, 0.2) is 0 Å². The number of hydrogen-bond acceptors (Lipinski definition) is 5. The second-order valence-corrected chi connectivity index (χ2v) is 8.70. The molecule has 0 aliphatic heterocycles. The van der Waals surface area contributed by atoms with Crippen LogP contribution in [-0.2, 0) is 19.6 Å². The molecule has 9 heteroatoms. The molecule has 0 saturated carbocycles. The van der Waals surface area contributed by atoms with Crippen molar-refractivity contribution < 1.29 is 22.7 Å². The second-order valence-electron chi connectivity index (χ2n) is 6.40. The Morgan fingerprint density at radius 2 is 1.86 bits per heavy atom. The van der Waals surface area contributed by atoms with Crippen molar-refractivity contribution in [2.45, 2.75) is 26.8 Å². The number of hydrogen-bond donors (Lipinski definition) is 1. The van der Waals surface area contributed by atoms with E-state index in [0.717, 1.165) is 10.6 Å². The number of esters is 1. The molecule has 0 fully saturated rings. The third-order valence-electron chi connectivity index (χ3n) is 4.24. The summed E-state index contributed by atoms with van der Waals surface area (Å²) in [5, 5.41) is 3.05. The molecule has 2 rings (SSSR count). The molecule has 29 heavy (non-hydrogen) atoms. The van der Waals surface area contributed by atoms with Gasteiger partial charge in [-0.1, -0.05) is 23.7 Å². The van der Waals surface area contributed by atoms with Crippen molar-refractivity contribution in [3.8, 4) is 0 Å². The Labute approximate surface area is 175 Å². The van der Waals surface area contributed by atoms with Gasteiger partial charge in [-0.15, -0.1) is 0 Å². The maximum Gasteiger partial charge on any atom is 0.338 e. The summed E-state index contributed by atoms with van der Waals surface area (Å²) in [6.45, 7) is 5.09. The highest BCUT2D eigenvalue weighted by molar-refractivity contribution is 7.92.